The summed E-state index contributed by atoms with van der Waals surface area (Å²) in [6, 6.07) is 4.98. The second-order valence-corrected chi connectivity index (χ2v) is 9.58. The Kier molecular flexibility index (Phi) is 6.04. The third-order valence-electron chi connectivity index (χ3n) is 5.58. The van der Waals surface area contributed by atoms with Gasteiger partial charge in [0.1, 0.15) is 17.7 Å². The van der Waals surface area contributed by atoms with Gasteiger partial charge in [-0.05, 0) is 48.8 Å². The van der Waals surface area contributed by atoms with Crippen molar-refractivity contribution in [3.05, 3.63) is 47.7 Å². The Bertz CT molecular complexity index is 1110. The van der Waals surface area contributed by atoms with Gasteiger partial charge in [0.2, 0.25) is 0 Å². The lowest BCUT2D eigenvalue weighted by atomic mass is 9.90. The van der Waals surface area contributed by atoms with Crippen molar-refractivity contribution in [3.8, 4) is 0 Å². The van der Waals surface area contributed by atoms with Gasteiger partial charge in [0, 0.05) is 18.7 Å². The van der Waals surface area contributed by atoms with Crippen molar-refractivity contribution in [2.24, 2.45) is 5.41 Å². The summed E-state index contributed by atoms with van der Waals surface area (Å²) in [5, 5.41) is 3.02. The molecule has 1 amide bonds. The highest BCUT2D eigenvalue weighted by atomic mass is 19.1. The topological polar surface area (TPSA) is 80.5 Å². The number of hydrogen-bond donors (Lipinski definition) is 1. The number of carbonyl (C=O) groups excluding carboxylic acids is 1. The van der Waals surface area contributed by atoms with Crippen LogP contribution in [0.5, 0.6) is 0 Å². The number of ether oxygens (including phenoxy) is 1. The van der Waals surface area contributed by atoms with Gasteiger partial charge in [-0.15, -0.1) is 0 Å². The van der Waals surface area contributed by atoms with Crippen LogP contribution in [0.25, 0.3) is 11.1 Å². The summed E-state index contributed by atoms with van der Waals surface area (Å²) >= 11 is 0. The molecule has 32 heavy (non-hydrogen) atoms. The van der Waals surface area contributed by atoms with Gasteiger partial charge >= 0.3 is 6.09 Å². The van der Waals surface area contributed by atoms with Crippen LogP contribution in [0, 0.1) is 18.2 Å². The van der Waals surface area contributed by atoms with E-state index in [4.69, 9.17) is 9.15 Å². The van der Waals surface area contributed by atoms with Gasteiger partial charge in [0.15, 0.2) is 11.4 Å². The average molecular weight is 441 g/mol. The Morgan fingerprint density at radius 2 is 2.03 bits per heavy atom. The predicted molar refractivity (Wildman–Crippen MR) is 121 cm³/mol. The molecule has 0 unspecified atom stereocenters. The highest BCUT2D eigenvalue weighted by Gasteiger charge is 2.28. The molecule has 2 aromatic heterocycles. The maximum atomic E-state index is 14.3. The Morgan fingerprint density at radius 3 is 2.72 bits per heavy atom. The molecule has 1 aliphatic heterocycles. The maximum absolute atomic E-state index is 14.3. The first-order valence-corrected chi connectivity index (χ1v) is 10.9. The van der Waals surface area contributed by atoms with E-state index in [1.165, 1.54) is 12.4 Å². The summed E-state index contributed by atoms with van der Waals surface area (Å²) in [5.41, 5.74) is 3.30. The SMILES string of the molecule is Cc1ccc(Nc2ncnc3c(C4CCN(C(=O)OCC(C)(C)C)CC4)coc23)c(F)c1. The number of piperidine rings is 1. The Morgan fingerprint density at radius 1 is 1.28 bits per heavy atom. The molecule has 0 bridgehead atoms. The third-order valence-corrected chi connectivity index (χ3v) is 5.58. The Balaban J connectivity index is 1.46. The molecule has 0 atom stereocenters. The van der Waals surface area contributed by atoms with Crippen LogP contribution in [-0.4, -0.2) is 40.7 Å². The third kappa shape index (κ3) is 4.84. The molecular weight excluding hydrogens is 411 g/mol. The van der Waals surface area contributed by atoms with Gasteiger partial charge < -0.3 is 19.4 Å². The second-order valence-electron chi connectivity index (χ2n) is 9.58. The number of halogens is 1. The largest absolute Gasteiger partial charge is 0.458 e. The van der Waals surface area contributed by atoms with E-state index in [9.17, 15) is 9.18 Å². The molecule has 1 fully saturated rings. The van der Waals surface area contributed by atoms with Crippen molar-refractivity contribution in [3.63, 3.8) is 0 Å². The zero-order valence-corrected chi connectivity index (χ0v) is 18.9. The molecule has 4 rings (SSSR count). The van der Waals surface area contributed by atoms with E-state index >= 15 is 0 Å². The minimum Gasteiger partial charge on any atom is -0.458 e. The lowest BCUT2D eigenvalue weighted by Crippen LogP contribution is -2.39. The summed E-state index contributed by atoms with van der Waals surface area (Å²) in [5.74, 6) is 0.281. The first-order valence-electron chi connectivity index (χ1n) is 10.9. The van der Waals surface area contributed by atoms with E-state index in [2.05, 4.69) is 15.3 Å². The van der Waals surface area contributed by atoms with E-state index < -0.39 is 0 Å². The van der Waals surface area contributed by atoms with Crippen molar-refractivity contribution in [1.82, 2.24) is 14.9 Å². The molecule has 1 N–H and O–H groups in total. The number of furan rings is 1. The van der Waals surface area contributed by atoms with Gasteiger partial charge in [-0.25, -0.2) is 19.2 Å². The van der Waals surface area contributed by atoms with Gasteiger partial charge in [-0.3, -0.25) is 0 Å². The molecule has 3 heterocycles. The van der Waals surface area contributed by atoms with Crippen LogP contribution in [0.2, 0.25) is 0 Å². The van der Waals surface area contributed by atoms with Crippen LogP contribution >= 0.6 is 0 Å². The fourth-order valence-corrected chi connectivity index (χ4v) is 3.84. The fraction of sp³-hybridized carbons (Fsp3) is 0.458. The first kappa shape index (κ1) is 22.0. The summed E-state index contributed by atoms with van der Waals surface area (Å²) in [7, 11) is 0. The number of hydrogen-bond acceptors (Lipinski definition) is 6. The van der Waals surface area contributed by atoms with Gasteiger partial charge in [0.05, 0.1) is 18.6 Å². The van der Waals surface area contributed by atoms with E-state index in [1.54, 1.807) is 17.2 Å². The van der Waals surface area contributed by atoms with Crippen LogP contribution in [0.4, 0.5) is 20.7 Å². The highest BCUT2D eigenvalue weighted by Crippen LogP contribution is 2.36. The highest BCUT2D eigenvalue weighted by molar-refractivity contribution is 5.88. The Labute approximate surface area is 187 Å². The standard InChI is InChI=1S/C24H29FN4O3/c1-15-5-6-19(18(25)11-15)28-22-21-20(26-14-27-22)17(12-31-21)16-7-9-29(10-8-16)23(30)32-13-24(2,3)4/h5-6,11-12,14,16H,7-10,13H2,1-4H3,(H,26,27,28). The Hall–Kier alpha value is -3.16. The first-order chi connectivity index (χ1) is 15.2. The molecule has 1 aromatic carbocycles. The number of rotatable bonds is 4. The molecule has 0 radical (unpaired) electrons. The van der Waals surface area contributed by atoms with Crippen LogP contribution in [0.1, 0.15) is 50.7 Å². The fourth-order valence-electron chi connectivity index (χ4n) is 3.84. The average Bonchev–Trinajstić information content (AvgIpc) is 3.19. The molecule has 0 aliphatic carbocycles. The van der Waals surface area contributed by atoms with Crippen molar-refractivity contribution in [1.29, 1.82) is 0 Å². The molecule has 0 spiro atoms. The van der Waals surface area contributed by atoms with Crippen molar-refractivity contribution < 1.29 is 18.3 Å². The number of nitrogens with one attached hydrogen (secondary N) is 1. The van der Waals surface area contributed by atoms with Crippen molar-refractivity contribution >= 4 is 28.7 Å². The van der Waals surface area contributed by atoms with Crippen LogP contribution in [-0.2, 0) is 4.74 Å². The number of aryl methyl sites for hydroxylation is 1. The smallest absolute Gasteiger partial charge is 0.409 e. The number of anilines is 2. The van der Waals surface area contributed by atoms with Crippen molar-refractivity contribution in [2.75, 3.05) is 25.0 Å². The maximum Gasteiger partial charge on any atom is 0.409 e. The van der Waals surface area contributed by atoms with E-state index in [0.717, 1.165) is 24.0 Å². The minimum absolute atomic E-state index is 0.0589. The molecule has 3 aromatic rings. The molecule has 7 nitrogen and oxygen atoms in total. The van der Waals surface area contributed by atoms with Crippen molar-refractivity contribution in [2.45, 2.75) is 46.5 Å². The van der Waals surface area contributed by atoms with Gasteiger partial charge in [0.25, 0.3) is 0 Å². The zero-order chi connectivity index (χ0) is 22.9. The summed E-state index contributed by atoms with van der Waals surface area (Å²) < 4.78 is 25.5. The second kappa shape index (κ2) is 8.76. The minimum atomic E-state index is -0.353. The lowest BCUT2D eigenvalue weighted by molar-refractivity contribution is 0.0655. The summed E-state index contributed by atoms with van der Waals surface area (Å²) in [4.78, 5) is 22.8. The molecule has 8 heteroatoms. The van der Waals surface area contributed by atoms with Crippen LogP contribution in [0.3, 0.4) is 0 Å². The molecule has 1 saturated heterocycles. The lowest BCUT2D eigenvalue weighted by Gasteiger charge is -2.31. The van der Waals surface area contributed by atoms with Gasteiger partial charge in [-0.2, -0.15) is 0 Å². The molecule has 1 aliphatic rings. The summed E-state index contributed by atoms with van der Waals surface area (Å²) in [6.07, 6.45) is 4.48. The van der Waals surface area contributed by atoms with Crippen LogP contribution < -0.4 is 5.32 Å². The molecular formula is C24H29FN4O3. The molecule has 0 saturated carbocycles. The van der Waals surface area contributed by atoms with Gasteiger partial charge in [-0.1, -0.05) is 26.8 Å². The monoisotopic (exact) mass is 440 g/mol. The van der Waals surface area contributed by atoms with E-state index in [0.29, 0.717) is 42.3 Å². The quantitative estimate of drug-likeness (QED) is 0.554. The normalized spacial score (nSPS) is 15.2. The number of fused-ring (bicyclic) bond motifs is 1. The number of aromatic nitrogens is 2. The number of benzene rings is 1. The summed E-state index contributed by atoms with van der Waals surface area (Å²) in [6.45, 7) is 9.57. The number of likely N-dealkylation sites (tertiary alicyclic amines) is 1. The number of carbonyl (C=O) groups is 1. The predicted octanol–water partition coefficient (Wildman–Crippen LogP) is 5.78. The van der Waals surface area contributed by atoms with Crippen LogP contribution in [0.15, 0.2) is 35.2 Å². The van der Waals surface area contributed by atoms with E-state index in [1.807, 2.05) is 33.8 Å². The van der Waals surface area contributed by atoms with E-state index in [-0.39, 0.29) is 23.2 Å². The number of amides is 1. The number of nitrogens with zero attached hydrogens (tertiary/aromatic N) is 3. The molecule has 170 valence electrons. The zero-order valence-electron chi connectivity index (χ0n) is 18.9.